The van der Waals surface area contributed by atoms with Crippen molar-refractivity contribution in [3.8, 4) is 5.75 Å². The summed E-state index contributed by atoms with van der Waals surface area (Å²) in [6, 6.07) is 5.64. The number of aliphatic hydroxyl groups is 1. The smallest absolute Gasteiger partial charge is 0.302 e. The van der Waals surface area contributed by atoms with E-state index in [0.717, 1.165) is 11.3 Å². The minimum absolute atomic E-state index is 0.0513. The van der Waals surface area contributed by atoms with Gasteiger partial charge in [-0.3, -0.25) is 14.5 Å². The zero-order chi connectivity index (χ0) is 19.0. The molecule has 1 amide bonds. The van der Waals surface area contributed by atoms with Gasteiger partial charge in [-0.15, -0.1) is 10.2 Å². The van der Waals surface area contributed by atoms with E-state index >= 15 is 0 Å². The highest BCUT2D eigenvalue weighted by atomic mass is 32.1. The van der Waals surface area contributed by atoms with Crippen LogP contribution in [0.1, 0.15) is 17.3 Å². The third-order valence-corrected chi connectivity index (χ3v) is 4.87. The minimum atomic E-state index is -0.887. The highest BCUT2D eigenvalue weighted by Gasteiger charge is 2.48. The molecule has 2 aromatic heterocycles. The first-order valence-electron chi connectivity index (χ1n) is 7.81. The summed E-state index contributed by atoms with van der Waals surface area (Å²) in [7, 11) is 1.53. The van der Waals surface area contributed by atoms with Crippen LogP contribution in [0.25, 0.3) is 5.76 Å². The van der Waals surface area contributed by atoms with Crippen LogP contribution in [0.4, 0.5) is 5.13 Å². The number of Topliss-reactive ketones (excluding diaryl/α,β-unsaturated/α-hetero) is 1. The van der Waals surface area contributed by atoms with Crippen LogP contribution in [-0.2, 0) is 9.59 Å². The number of nitrogens with zero attached hydrogens (tertiary/aromatic N) is 4. The number of ether oxygens (including phenoxy) is 1. The Morgan fingerprint density at radius 1 is 1.30 bits per heavy atom. The van der Waals surface area contributed by atoms with Crippen molar-refractivity contribution in [1.29, 1.82) is 0 Å². The predicted octanol–water partition coefficient (Wildman–Crippen LogP) is 1.90. The number of H-pyrrole nitrogens is 1. The van der Waals surface area contributed by atoms with Gasteiger partial charge in [0.25, 0.3) is 5.78 Å². The van der Waals surface area contributed by atoms with Crippen molar-refractivity contribution in [2.24, 2.45) is 0 Å². The maximum atomic E-state index is 12.7. The molecular weight excluding hydrogens is 370 g/mol. The van der Waals surface area contributed by atoms with Crippen molar-refractivity contribution in [3.63, 3.8) is 0 Å². The van der Waals surface area contributed by atoms with E-state index in [-0.39, 0.29) is 16.5 Å². The molecule has 0 radical (unpaired) electrons. The molecule has 1 saturated heterocycles. The van der Waals surface area contributed by atoms with Gasteiger partial charge in [0.1, 0.15) is 23.1 Å². The van der Waals surface area contributed by atoms with E-state index in [2.05, 4.69) is 20.2 Å². The molecule has 1 aromatic carbocycles. The van der Waals surface area contributed by atoms with Crippen LogP contribution < -0.4 is 9.64 Å². The quantitative estimate of drug-likeness (QED) is 0.401. The van der Waals surface area contributed by atoms with E-state index in [1.807, 2.05) is 0 Å². The van der Waals surface area contributed by atoms with Crippen LogP contribution >= 0.6 is 11.3 Å². The zero-order valence-corrected chi connectivity index (χ0v) is 14.8. The Morgan fingerprint density at radius 2 is 2.07 bits per heavy atom. The Morgan fingerprint density at radius 3 is 2.67 bits per heavy atom. The topological polar surface area (TPSA) is 121 Å². The summed E-state index contributed by atoms with van der Waals surface area (Å²) in [6.07, 6.45) is 2.93. The number of aromatic amines is 1. The number of rotatable bonds is 4. The Labute approximate surface area is 157 Å². The van der Waals surface area contributed by atoms with Gasteiger partial charge < -0.3 is 14.8 Å². The lowest BCUT2D eigenvalue weighted by Crippen LogP contribution is -2.29. The highest BCUT2D eigenvalue weighted by Crippen LogP contribution is 2.41. The summed E-state index contributed by atoms with van der Waals surface area (Å²) in [5.74, 6) is -1.28. The first kappa shape index (κ1) is 16.9. The van der Waals surface area contributed by atoms with E-state index < -0.39 is 17.7 Å². The number of hydrogen-bond acceptors (Lipinski definition) is 8. The van der Waals surface area contributed by atoms with Crippen LogP contribution in [0.3, 0.4) is 0 Å². The van der Waals surface area contributed by atoms with E-state index in [9.17, 15) is 14.7 Å². The van der Waals surface area contributed by atoms with Gasteiger partial charge in [0, 0.05) is 5.56 Å². The molecule has 2 N–H and O–H groups in total. The minimum Gasteiger partial charge on any atom is -0.507 e. The van der Waals surface area contributed by atoms with E-state index in [1.165, 1.54) is 30.0 Å². The summed E-state index contributed by atoms with van der Waals surface area (Å²) in [5.41, 5.74) is 2.27. The molecule has 4 rings (SSSR count). The molecular formula is C17H13N5O4S. The summed E-state index contributed by atoms with van der Waals surface area (Å²) < 4.78 is 5.10. The SMILES string of the molecule is COc1ccc(/C(O)=C2\C(=O)C(=O)N(c3nncs3)C2c2cnc[nH]2)cc1. The van der Waals surface area contributed by atoms with Crippen LogP contribution in [0.15, 0.2) is 47.9 Å². The molecule has 1 atom stereocenters. The molecule has 1 fully saturated rings. The first-order valence-corrected chi connectivity index (χ1v) is 8.69. The molecule has 1 aliphatic rings. The molecule has 0 saturated carbocycles. The maximum Gasteiger partial charge on any atom is 0.302 e. The number of nitrogens with one attached hydrogen (secondary N) is 1. The summed E-state index contributed by atoms with van der Waals surface area (Å²) >= 11 is 1.12. The van der Waals surface area contributed by atoms with Gasteiger partial charge in [0.2, 0.25) is 5.13 Å². The lowest BCUT2D eigenvalue weighted by Gasteiger charge is -2.20. The summed E-state index contributed by atoms with van der Waals surface area (Å²) in [4.78, 5) is 33.5. The fourth-order valence-corrected chi connectivity index (χ4v) is 3.50. The summed E-state index contributed by atoms with van der Waals surface area (Å²) in [6.45, 7) is 0. The van der Waals surface area contributed by atoms with E-state index in [0.29, 0.717) is 17.0 Å². The second kappa shape index (κ2) is 6.65. The number of benzene rings is 1. The number of aliphatic hydroxyl groups excluding tert-OH is 1. The standard InChI is InChI=1S/C17H13N5O4S/c1-26-10-4-2-9(3-5-10)14(23)12-13(11-6-18-7-19-11)22(16(25)15(12)24)17-21-20-8-27-17/h2-8,13,23H,1H3,(H,18,19)/b14-12+. The second-order valence-corrected chi connectivity index (χ2v) is 6.44. The number of ketones is 1. The largest absolute Gasteiger partial charge is 0.507 e. The molecule has 1 unspecified atom stereocenters. The molecule has 0 spiro atoms. The molecule has 27 heavy (non-hydrogen) atoms. The van der Waals surface area contributed by atoms with Gasteiger partial charge in [-0.25, -0.2) is 4.98 Å². The molecule has 1 aliphatic heterocycles. The summed E-state index contributed by atoms with van der Waals surface area (Å²) in [5, 5.41) is 18.7. The van der Waals surface area contributed by atoms with Gasteiger partial charge in [0.05, 0.1) is 30.9 Å². The molecule has 136 valence electrons. The van der Waals surface area contributed by atoms with Gasteiger partial charge in [-0.05, 0) is 24.3 Å². The van der Waals surface area contributed by atoms with E-state index in [1.54, 1.807) is 24.3 Å². The molecule has 0 bridgehead atoms. The number of aromatic nitrogens is 4. The molecule has 3 heterocycles. The van der Waals surface area contributed by atoms with Crippen LogP contribution in [0, 0.1) is 0 Å². The van der Waals surface area contributed by atoms with Crippen LogP contribution in [0.5, 0.6) is 5.75 Å². The number of hydrogen-bond donors (Lipinski definition) is 2. The first-order chi connectivity index (χ1) is 13.1. The third kappa shape index (κ3) is 2.75. The zero-order valence-electron chi connectivity index (χ0n) is 14.0. The Bertz CT molecular complexity index is 1010. The second-order valence-electron chi connectivity index (χ2n) is 5.63. The third-order valence-electron chi connectivity index (χ3n) is 4.18. The van der Waals surface area contributed by atoms with Gasteiger partial charge >= 0.3 is 5.91 Å². The van der Waals surface area contributed by atoms with Crippen molar-refractivity contribution in [2.45, 2.75) is 6.04 Å². The van der Waals surface area contributed by atoms with Gasteiger partial charge in [-0.2, -0.15) is 0 Å². The van der Waals surface area contributed by atoms with Crippen molar-refractivity contribution in [3.05, 3.63) is 59.1 Å². The maximum absolute atomic E-state index is 12.7. The number of methoxy groups -OCH3 is 1. The van der Waals surface area contributed by atoms with Crippen molar-refractivity contribution in [1.82, 2.24) is 20.2 Å². The lowest BCUT2D eigenvalue weighted by molar-refractivity contribution is -0.132. The molecule has 10 heteroatoms. The Kier molecular flexibility index (Phi) is 4.16. The fraction of sp³-hybridized carbons (Fsp3) is 0.118. The van der Waals surface area contributed by atoms with Crippen LogP contribution in [-0.4, -0.2) is 44.1 Å². The predicted molar refractivity (Wildman–Crippen MR) is 96.3 cm³/mol. The van der Waals surface area contributed by atoms with E-state index in [4.69, 9.17) is 4.74 Å². The lowest BCUT2D eigenvalue weighted by atomic mass is 9.99. The fourth-order valence-electron chi connectivity index (χ4n) is 2.92. The van der Waals surface area contributed by atoms with Crippen molar-refractivity contribution >= 4 is 33.9 Å². The highest BCUT2D eigenvalue weighted by molar-refractivity contribution is 7.13. The van der Waals surface area contributed by atoms with Gasteiger partial charge in [-0.1, -0.05) is 11.3 Å². The van der Waals surface area contributed by atoms with Gasteiger partial charge in [0.15, 0.2) is 0 Å². The average Bonchev–Trinajstić information content (AvgIpc) is 3.43. The molecule has 3 aromatic rings. The molecule has 0 aliphatic carbocycles. The normalized spacial score (nSPS) is 18.9. The number of amides is 1. The molecule has 9 nitrogen and oxygen atoms in total. The monoisotopic (exact) mass is 383 g/mol. The average molecular weight is 383 g/mol. The number of imidazole rings is 1. The Balaban J connectivity index is 1.88. The van der Waals surface area contributed by atoms with Crippen molar-refractivity contribution < 1.29 is 19.4 Å². The number of carbonyl (C=O) groups excluding carboxylic acids is 2. The van der Waals surface area contributed by atoms with Crippen molar-refractivity contribution in [2.75, 3.05) is 12.0 Å². The number of carbonyl (C=O) groups is 2. The number of anilines is 1. The van der Waals surface area contributed by atoms with Crippen LogP contribution in [0.2, 0.25) is 0 Å². The Hall–Kier alpha value is -3.53.